The molecule has 0 aromatic heterocycles. The smallest absolute Gasteiger partial charge is 0.279 e. The first-order valence-corrected chi connectivity index (χ1v) is 10.8. The van der Waals surface area contributed by atoms with Crippen molar-refractivity contribution in [2.45, 2.75) is 4.90 Å². The molecule has 0 saturated carbocycles. The number of anilines is 1. The Balaban J connectivity index is 1.52. The SMILES string of the molecule is COc1ccc(NC(=O)C[NH+]2CCN(S(=O)(=O)c3ccc(OC)cc3)CC2)cc1. The van der Waals surface area contributed by atoms with Crippen LogP contribution in [-0.2, 0) is 14.8 Å². The predicted octanol–water partition coefficient (Wildman–Crippen LogP) is 0.232. The largest absolute Gasteiger partial charge is 0.497 e. The van der Waals surface area contributed by atoms with E-state index in [0.717, 1.165) is 10.6 Å². The van der Waals surface area contributed by atoms with Crippen LogP contribution >= 0.6 is 0 Å². The highest BCUT2D eigenvalue weighted by Gasteiger charge is 2.31. The third kappa shape index (κ3) is 5.26. The number of nitrogens with zero attached hydrogens (tertiary/aromatic N) is 1. The van der Waals surface area contributed by atoms with Crippen molar-refractivity contribution in [1.82, 2.24) is 4.31 Å². The number of benzene rings is 2. The molecule has 1 aliphatic heterocycles. The molecule has 29 heavy (non-hydrogen) atoms. The Labute approximate surface area is 171 Å². The van der Waals surface area contributed by atoms with Gasteiger partial charge in [-0.1, -0.05) is 0 Å². The first-order valence-electron chi connectivity index (χ1n) is 9.34. The van der Waals surface area contributed by atoms with Crippen molar-refractivity contribution in [3.05, 3.63) is 48.5 Å². The van der Waals surface area contributed by atoms with Gasteiger partial charge in [-0.25, -0.2) is 8.42 Å². The van der Waals surface area contributed by atoms with Gasteiger partial charge in [0.05, 0.1) is 45.3 Å². The number of carbonyl (C=O) groups is 1. The van der Waals surface area contributed by atoms with Crippen LogP contribution in [0, 0.1) is 0 Å². The van der Waals surface area contributed by atoms with Crippen LogP contribution in [-0.4, -0.2) is 65.6 Å². The van der Waals surface area contributed by atoms with Crippen molar-refractivity contribution in [2.24, 2.45) is 0 Å². The molecule has 2 aromatic rings. The second kappa shape index (κ2) is 9.25. The fraction of sp³-hybridized carbons (Fsp3) is 0.350. The monoisotopic (exact) mass is 420 g/mol. The van der Waals surface area contributed by atoms with E-state index >= 15 is 0 Å². The number of piperazine rings is 1. The van der Waals surface area contributed by atoms with Crippen LogP contribution in [0.15, 0.2) is 53.4 Å². The van der Waals surface area contributed by atoms with E-state index in [-0.39, 0.29) is 10.8 Å². The average molecular weight is 421 g/mol. The van der Waals surface area contributed by atoms with Gasteiger partial charge in [-0.3, -0.25) is 4.79 Å². The molecule has 0 bridgehead atoms. The molecule has 156 valence electrons. The Morgan fingerprint density at radius 3 is 2.00 bits per heavy atom. The molecule has 0 unspecified atom stereocenters. The number of rotatable bonds is 7. The molecule has 1 amide bonds. The van der Waals surface area contributed by atoms with Crippen LogP contribution in [0.1, 0.15) is 0 Å². The number of nitrogens with one attached hydrogen (secondary N) is 2. The lowest BCUT2D eigenvalue weighted by Crippen LogP contribution is -3.15. The molecule has 9 heteroatoms. The summed E-state index contributed by atoms with van der Waals surface area (Å²) >= 11 is 0. The Hall–Kier alpha value is -2.62. The van der Waals surface area contributed by atoms with Gasteiger partial charge in [0, 0.05) is 5.69 Å². The second-order valence-electron chi connectivity index (χ2n) is 6.78. The molecule has 1 aliphatic rings. The Bertz CT molecular complexity index is 922. The van der Waals surface area contributed by atoms with Gasteiger partial charge in [0.15, 0.2) is 6.54 Å². The molecule has 1 heterocycles. The van der Waals surface area contributed by atoms with Gasteiger partial charge in [0.2, 0.25) is 10.0 Å². The maximum absolute atomic E-state index is 12.8. The van der Waals surface area contributed by atoms with E-state index in [1.807, 2.05) is 0 Å². The van der Waals surface area contributed by atoms with Gasteiger partial charge < -0.3 is 19.7 Å². The molecule has 2 N–H and O–H groups in total. The van der Waals surface area contributed by atoms with Gasteiger partial charge in [-0.05, 0) is 48.5 Å². The molecule has 8 nitrogen and oxygen atoms in total. The molecule has 0 spiro atoms. The number of ether oxygens (including phenoxy) is 2. The fourth-order valence-electron chi connectivity index (χ4n) is 3.22. The maximum atomic E-state index is 12.8. The summed E-state index contributed by atoms with van der Waals surface area (Å²) < 4.78 is 37.2. The van der Waals surface area contributed by atoms with Crippen LogP contribution in [0.4, 0.5) is 5.69 Å². The van der Waals surface area contributed by atoms with Crippen LogP contribution in [0.5, 0.6) is 11.5 Å². The van der Waals surface area contributed by atoms with Crippen molar-refractivity contribution >= 4 is 21.6 Å². The van der Waals surface area contributed by atoms with Crippen molar-refractivity contribution < 1.29 is 27.6 Å². The number of hydrogen-bond acceptors (Lipinski definition) is 5. The highest BCUT2D eigenvalue weighted by molar-refractivity contribution is 7.89. The van der Waals surface area contributed by atoms with Crippen molar-refractivity contribution in [1.29, 1.82) is 0 Å². The van der Waals surface area contributed by atoms with Gasteiger partial charge in [-0.15, -0.1) is 0 Å². The zero-order valence-corrected chi connectivity index (χ0v) is 17.4. The highest BCUT2D eigenvalue weighted by Crippen LogP contribution is 2.19. The summed E-state index contributed by atoms with van der Waals surface area (Å²) in [6.45, 7) is 2.19. The van der Waals surface area contributed by atoms with Crippen molar-refractivity contribution in [3.8, 4) is 11.5 Å². The van der Waals surface area contributed by atoms with Crippen LogP contribution < -0.4 is 19.7 Å². The molecule has 1 saturated heterocycles. The summed E-state index contributed by atoms with van der Waals surface area (Å²) in [6, 6.07) is 13.5. The molecule has 0 aliphatic carbocycles. The Morgan fingerprint density at radius 1 is 0.966 bits per heavy atom. The topological polar surface area (TPSA) is 89.4 Å². The van der Waals surface area contributed by atoms with Gasteiger partial charge in [0.25, 0.3) is 5.91 Å². The number of carbonyl (C=O) groups excluding carboxylic acids is 1. The lowest BCUT2D eigenvalue weighted by Gasteiger charge is -2.31. The van der Waals surface area contributed by atoms with E-state index in [4.69, 9.17) is 9.47 Å². The van der Waals surface area contributed by atoms with Crippen molar-refractivity contribution in [2.75, 3.05) is 52.3 Å². The Morgan fingerprint density at radius 2 is 1.48 bits per heavy atom. The molecule has 1 fully saturated rings. The minimum absolute atomic E-state index is 0.100. The van der Waals surface area contributed by atoms with Crippen LogP contribution in [0.2, 0.25) is 0 Å². The number of amides is 1. The third-order valence-electron chi connectivity index (χ3n) is 4.91. The average Bonchev–Trinajstić information content (AvgIpc) is 2.74. The third-order valence-corrected chi connectivity index (χ3v) is 6.82. The summed E-state index contributed by atoms with van der Waals surface area (Å²) in [4.78, 5) is 13.6. The minimum atomic E-state index is -3.54. The summed E-state index contributed by atoms with van der Waals surface area (Å²) in [5, 5.41) is 2.86. The van der Waals surface area contributed by atoms with E-state index in [2.05, 4.69) is 5.32 Å². The summed E-state index contributed by atoms with van der Waals surface area (Å²) in [7, 11) is -0.415. The summed E-state index contributed by atoms with van der Waals surface area (Å²) in [5.74, 6) is 1.24. The summed E-state index contributed by atoms with van der Waals surface area (Å²) in [5.41, 5.74) is 0.705. The number of sulfonamides is 1. The van der Waals surface area contributed by atoms with Crippen LogP contribution in [0.25, 0.3) is 0 Å². The molecular weight excluding hydrogens is 394 g/mol. The zero-order valence-electron chi connectivity index (χ0n) is 16.6. The van der Waals surface area contributed by atoms with Gasteiger partial charge in [0.1, 0.15) is 11.5 Å². The van der Waals surface area contributed by atoms with E-state index < -0.39 is 10.0 Å². The van der Waals surface area contributed by atoms with E-state index in [1.165, 1.54) is 11.4 Å². The number of quaternary nitrogens is 1. The van der Waals surface area contributed by atoms with Crippen molar-refractivity contribution in [3.63, 3.8) is 0 Å². The lowest BCUT2D eigenvalue weighted by molar-refractivity contribution is -0.895. The fourth-order valence-corrected chi connectivity index (χ4v) is 4.66. The number of hydrogen-bond donors (Lipinski definition) is 2. The molecular formula is C20H26N3O5S+. The summed E-state index contributed by atoms with van der Waals surface area (Å²) in [6.07, 6.45) is 0. The maximum Gasteiger partial charge on any atom is 0.279 e. The van der Waals surface area contributed by atoms with E-state index in [0.29, 0.717) is 44.2 Å². The first-order chi connectivity index (χ1) is 13.9. The lowest BCUT2D eigenvalue weighted by atomic mass is 10.3. The van der Waals surface area contributed by atoms with Gasteiger partial charge >= 0.3 is 0 Å². The van der Waals surface area contributed by atoms with Gasteiger partial charge in [-0.2, -0.15) is 4.31 Å². The zero-order chi connectivity index (χ0) is 20.9. The molecule has 3 rings (SSSR count). The molecule has 0 atom stereocenters. The van der Waals surface area contributed by atoms with E-state index in [1.54, 1.807) is 55.6 Å². The molecule has 2 aromatic carbocycles. The standard InChI is InChI=1S/C20H25N3O5S/c1-27-17-5-3-16(4-6-17)21-20(24)15-22-11-13-23(14-12-22)29(25,26)19-9-7-18(28-2)8-10-19/h3-10H,11-15H2,1-2H3,(H,21,24)/p+1. The quantitative estimate of drug-likeness (QED) is 0.670. The second-order valence-corrected chi connectivity index (χ2v) is 8.72. The molecule has 0 radical (unpaired) electrons. The first kappa shape index (κ1) is 21.1. The minimum Gasteiger partial charge on any atom is -0.497 e. The normalized spacial score (nSPS) is 15.7. The highest BCUT2D eigenvalue weighted by atomic mass is 32.2. The Kier molecular flexibility index (Phi) is 6.73. The van der Waals surface area contributed by atoms with Crippen LogP contribution in [0.3, 0.4) is 0 Å². The van der Waals surface area contributed by atoms with E-state index in [9.17, 15) is 13.2 Å². The number of methoxy groups -OCH3 is 2. The predicted molar refractivity (Wildman–Crippen MR) is 109 cm³/mol.